The van der Waals surface area contributed by atoms with Crippen LogP contribution < -0.4 is 15.1 Å². The maximum absolute atomic E-state index is 15.4. The number of nitrogens with one attached hydrogen (secondary N) is 1. The third-order valence-electron chi connectivity index (χ3n) is 12.9. The summed E-state index contributed by atoms with van der Waals surface area (Å²) in [5, 5.41) is 8.44. The van der Waals surface area contributed by atoms with E-state index in [-0.39, 0.29) is 54.4 Å². The summed E-state index contributed by atoms with van der Waals surface area (Å²) in [6.07, 6.45) is 5.16. The average molecular weight is 834 g/mol. The van der Waals surface area contributed by atoms with Crippen LogP contribution in [0.5, 0.6) is 0 Å². The maximum atomic E-state index is 15.4. The van der Waals surface area contributed by atoms with E-state index in [1.54, 1.807) is 19.1 Å². The Labute approximate surface area is 347 Å². The number of aromatic nitrogens is 8. The molecule has 10 heterocycles. The number of piperidine rings is 1. The number of rotatable bonds is 6. The van der Waals surface area contributed by atoms with E-state index >= 15 is 8.78 Å². The van der Waals surface area contributed by atoms with Crippen molar-refractivity contribution in [2.24, 2.45) is 5.92 Å². The average Bonchev–Trinajstić information content (AvgIpc) is 3.65. The Morgan fingerprint density at radius 3 is 2.52 bits per heavy atom. The van der Waals surface area contributed by atoms with Gasteiger partial charge >= 0.3 is 0 Å². The highest BCUT2D eigenvalue weighted by Gasteiger charge is 2.53. The standard InChI is InChI=1S/C42H42F3N13O3/c1-21-48-32-11-23(43)9-28-31-5-4-6-35(50-31)49-25-12-33(40(59)53(2)19-27(61-3)20-55(21)36(28)32)56(17-25)37-29-15-47-58(39-30(45)10-24(44)14-46-39)38(29)52-42(51-37)57-26-13-34(57)41(60)54(18-26)16-22-7-8-22/h4-6,9-11,14-15,22,25-27,33-34H,7-8,12-13,16-20H2,1-3H3,(H,49,50)/t25?,26-,27+,33+,34?/m1/s1. The molecule has 2 amide bonds. The topological polar surface area (TPSA) is 156 Å². The third kappa shape index (κ3) is 6.30. The number of piperazine rings is 1. The number of carbonyl (C=O) groups is 2. The molecule has 1 aromatic carbocycles. The van der Waals surface area contributed by atoms with Gasteiger partial charge in [0.05, 0.1) is 53.2 Å². The van der Waals surface area contributed by atoms with Crippen molar-refractivity contribution in [2.45, 2.75) is 69.4 Å². The van der Waals surface area contributed by atoms with Gasteiger partial charge in [0, 0.05) is 64.1 Å². The fraction of sp³-hybridized carbons (Fsp3) is 0.429. The number of methoxy groups -OCH3 is 1. The highest BCUT2D eigenvalue weighted by atomic mass is 19.1. The van der Waals surface area contributed by atoms with Crippen molar-refractivity contribution < 1.29 is 27.5 Å². The Morgan fingerprint density at radius 1 is 0.885 bits per heavy atom. The quantitative estimate of drug-likeness (QED) is 0.257. The Kier molecular flexibility index (Phi) is 8.70. The number of hydrogen-bond donors (Lipinski definition) is 1. The first-order valence-electron chi connectivity index (χ1n) is 20.6. The van der Waals surface area contributed by atoms with Gasteiger partial charge in [-0.05, 0) is 56.7 Å². The van der Waals surface area contributed by atoms with Gasteiger partial charge in [0.25, 0.3) is 0 Å². The summed E-state index contributed by atoms with van der Waals surface area (Å²) in [5.74, 6) is -0.335. The Hall–Kier alpha value is -6.37. The van der Waals surface area contributed by atoms with E-state index in [2.05, 4.69) is 20.4 Å². The van der Waals surface area contributed by atoms with Crippen LogP contribution in [-0.2, 0) is 20.9 Å². The number of carbonyl (C=O) groups excluding carboxylic acids is 2. The molecule has 4 saturated heterocycles. The smallest absolute Gasteiger partial charge is 0.245 e. The van der Waals surface area contributed by atoms with Crippen LogP contribution in [0.4, 0.5) is 30.8 Å². The number of aryl methyl sites for hydroxylation is 1. The highest BCUT2D eigenvalue weighted by Crippen LogP contribution is 2.42. The molecule has 1 aliphatic carbocycles. The summed E-state index contributed by atoms with van der Waals surface area (Å²) in [6, 6.07) is 7.50. The van der Waals surface area contributed by atoms with E-state index < -0.39 is 35.6 Å². The summed E-state index contributed by atoms with van der Waals surface area (Å²) in [7, 11) is 3.33. The molecule has 1 saturated carbocycles. The number of anilines is 3. The minimum atomic E-state index is -0.939. The predicted octanol–water partition coefficient (Wildman–Crippen LogP) is 4.09. The van der Waals surface area contributed by atoms with Crippen molar-refractivity contribution in [1.29, 1.82) is 0 Å². The molecule has 0 spiro atoms. The normalized spacial score (nSPS) is 24.0. The molecule has 5 aliphatic heterocycles. The van der Waals surface area contributed by atoms with Gasteiger partial charge in [0.1, 0.15) is 41.2 Å². The molecule has 12 rings (SSSR count). The maximum Gasteiger partial charge on any atom is 0.245 e. The Morgan fingerprint density at radius 2 is 1.74 bits per heavy atom. The molecule has 2 unspecified atom stereocenters. The molecule has 5 atom stereocenters. The van der Waals surface area contributed by atoms with E-state index in [4.69, 9.17) is 19.7 Å². The van der Waals surface area contributed by atoms with E-state index in [0.717, 1.165) is 31.6 Å². The SMILES string of the molecule is CO[C@H]1CN(C)C(=O)[C@@H]2CC(CN2c2nc(N3C4C[C@@H]3CN(CC3CC3)C4=O)nc3c2cnn3-c2ncc(F)cc2F)Nc2cccc(n2)-c2cc(F)cc3nc(C)n(c23)C1. The third-order valence-corrected chi connectivity index (χ3v) is 12.9. The van der Waals surface area contributed by atoms with Gasteiger partial charge in [0.2, 0.25) is 17.8 Å². The summed E-state index contributed by atoms with van der Waals surface area (Å²) >= 11 is 0. The summed E-state index contributed by atoms with van der Waals surface area (Å²) < 4.78 is 53.8. The van der Waals surface area contributed by atoms with Crippen molar-refractivity contribution in [3.8, 4) is 17.1 Å². The van der Waals surface area contributed by atoms with Crippen LogP contribution in [0.25, 0.3) is 39.1 Å². The molecule has 61 heavy (non-hydrogen) atoms. The molecular weight excluding hydrogens is 792 g/mol. The Balaban J connectivity index is 1.03. The molecule has 5 fully saturated rings. The van der Waals surface area contributed by atoms with Gasteiger partial charge in [-0.15, -0.1) is 0 Å². The van der Waals surface area contributed by atoms with Crippen LogP contribution in [0.3, 0.4) is 0 Å². The van der Waals surface area contributed by atoms with Crippen molar-refractivity contribution >= 4 is 51.5 Å². The zero-order valence-electron chi connectivity index (χ0n) is 33.7. The molecular formula is C42H42F3N13O3. The molecule has 0 radical (unpaired) electrons. The van der Waals surface area contributed by atoms with Crippen LogP contribution >= 0.6 is 0 Å². The predicted molar refractivity (Wildman–Crippen MR) is 218 cm³/mol. The zero-order chi connectivity index (χ0) is 41.8. The first-order chi connectivity index (χ1) is 29.5. The van der Waals surface area contributed by atoms with Gasteiger partial charge in [-0.25, -0.2) is 28.1 Å². The number of halogens is 3. The van der Waals surface area contributed by atoms with E-state index in [9.17, 15) is 14.0 Å². The molecule has 1 N–H and O–H groups in total. The second-order valence-electron chi connectivity index (χ2n) is 16.9. The summed E-state index contributed by atoms with van der Waals surface area (Å²) in [4.78, 5) is 59.8. The number of benzene rings is 1. The first-order valence-corrected chi connectivity index (χ1v) is 20.6. The van der Waals surface area contributed by atoms with Crippen LogP contribution in [-0.4, -0.2) is 131 Å². The van der Waals surface area contributed by atoms with E-state index in [0.29, 0.717) is 77.0 Å². The number of likely N-dealkylation sites (N-methyl/N-ethyl adjacent to an activating group) is 1. The zero-order valence-corrected chi connectivity index (χ0v) is 33.7. The molecule has 19 heteroatoms. The lowest BCUT2D eigenvalue weighted by Crippen LogP contribution is -2.72. The van der Waals surface area contributed by atoms with Crippen LogP contribution in [0.2, 0.25) is 0 Å². The van der Waals surface area contributed by atoms with Crippen molar-refractivity contribution in [3.05, 3.63) is 72.1 Å². The van der Waals surface area contributed by atoms with Gasteiger partial charge in [-0.1, -0.05) is 6.07 Å². The number of ether oxygens (including phenoxy) is 1. The van der Waals surface area contributed by atoms with Gasteiger partial charge in [-0.2, -0.15) is 19.7 Å². The van der Waals surface area contributed by atoms with E-state index in [1.807, 2.05) is 44.4 Å². The van der Waals surface area contributed by atoms with Crippen LogP contribution in [0, 0.1) is 30.3 Å². The number of pyridine rings is 2. The highest BCUT2D eigenvalue weighted by molar-refractivity contribution is 5.95. The lowest BCUT2D eigenvalue weighted by molar-refractivity contribution is -0.140. The minimum absolute atomic E-state index is 0.0204. The lowest BCUT2D eigenvalue weighted by atomic mass is 9.87. The molecule has 6 aliphatic rings. The molecule has 5 aromatic heterocycles. The first kappa shape index (κ1) is 37.6. The van der Waals surface area contributed by atoms with Crippen molar-refractivity contribution in [3.63, 3.8) is 0 Å². The van der Waals surface area contributed by atoms with Gasteiger partial charge in [0.15, 0.2) is 17.3 Å². The monoisotopic (exact) mass is 833 g/mol. The molecule has 16 nitrogen and oxygen atoms in total. The largest absolute Gasteiger partial charge is 0.378 e. The van der Waals surface area contributed by atoms with Gasteiger partial charge < -0.3 is 34.2 Å². The van der Waals surface area contributed by atoms with Crippen molar-refractivity contribution in [1.82, 2.24) is 49.1 Å². The second kappa shape index (κ2) is 14.1. The number of nitrogens with zero attached hydrogens (tertiary/aromatic N) is 12. The van der Waals surface area contributed by atoms with Crippen molar-refractivity contribution in [2.75, 3.05) is 55.5 Å². The number of imidazole rings is 1. The summed E-state index contributed by atoms with van der Waals surface area (Å²) in [5.41, 5.74) is 2.50. The fourth-order valence-corrected chi connectivity index (χ4v) is 9.66. The van der Waals surface area contributed by atoms with Gasteiger partial charge in [-0.3, -0.25) is 9.59 Å². The van der Waals surface area contributed by atoms with Crippen LogP contribution in [0.15, 0.2) is 48.8 Å². The summed E-state index contributed by atoms with van der Waals surface area (Å²) in [6.45, 7) is 3.94. The number of amides is 2. The fourth-order valence-electron chi connectivity index (χ4n) is 9.66. The molecule has 314 valence electrons. The van der Waals surface area contributed by atoms with Crippen LogP contribution in [0.1, 0.15) is 31.5 Å². The number of fused-ring (bicyclic) bond motifs is 8. The minimum Gasteiger partial charge on any atom is -0.378 e. The Bertz CT molecular complexity index is 2780. The van der Waals surface area contributed by atoms with E-state index in [1.165, 1.54) is 23.0 Å². The molecule has 6 bridgehead atoms. The number of hydrogen-bond acceptors (Lipinski definition) is 12. The molecule has 6 aromatic rings. The second-order valence-corrected chi connectivity index (χ2v) is 16.9. The lowest BCUT2D eigenvalue weighted by Gasteiger charge is -2.55.